The van der Waals surface area contributed by atoms with Crippen LogP contribution in [0.3, 0.4) is 0 Å². The van der Waals surface area contributed by atoms with E-state index in [-0.39, 0.29) is 6.61 Å². The molecule has 1 unspecified atom stereocenters. The molecule has 1 atom stereocenters. The highest BCUT2D eigenvalue weighted by Gasteiger charge is 2.24. The Bertz CT molecular complexity index is 1050. The molecule has 0 radical (unpaired) electrons. The number of hydrogen-bond acceptors (Lipinski definition) is 3. The smallest absolute Gasteiger partial charge is 0.407 e. The molecule has 1 heterocycles. The lowest BCUT2D eigenvalue weighted by molar-refractivity contribution is 0.134. The molecule has 3 rings (SSSR count). The van der Waals surface area contributed by atoms with E-state index >= 15 is 0 Å². The first kappa shape index (κ1) is 22.7. The molecule has 1 amide bonds. The molecular formula is C24H23ClF2N2O2. The number of rotatable bonds is 5. The third-order valence-corrected chi connectivity index (χ3v) is 4.72. The Balaban J connectivity index is 2.02. The van der Waals surface area contributed by atoms with Crippen molar-refractivity contribution in [3.8, 4) is 11.1 Å². The molecule has 0 saturated heterocycles. The van der Waals surface area contributed by atoms with Crippen molar-refractivity contribution in [1.29, 1.82) is 0 Å². The average Bonchev–Trinajstić information content (AvgIpc) is 2.67. The average molecular weight is 445 g/mol. The minimum atomic E-state index is -0.719. The maximum Gasteiger partial charge on any atom is 0.407 e. The standard InChI is InChI=1S/C24H23ClF2N2O2/c1-24(2,3)29-23(30)31-14-21(16-11-18(26)13-19(27)12-16)22-20(5-4-10-28-22)15-6-8-17(25)9-7-15/h4-13,21H,14H2,1-3H3,(H,29,30). The zero-order chi connectivity index (χ0) is 22.6. The van der Waals surface area contributed by atoms with Crippen molar-refractivity contribution < 1.29 is 18.3 Å². The highest BCUT2D eigenvalue weighted by atomic mass is 35.5. The van der Waals surface area contributed by atoms with E-state index in [2.05, 4.69) is 10.3 Å². The number of hydrogen-bond donors (Lipinski definition) is 1. The van der Waals surface area contributed by atoms with Gasteiger partial charge in [0.2, 0.25) is 0 Å². The number of carbonyl (C=O) groups excluding carboxylic acids is 1. The van der Waals surface area contributed by atoms with Gasteiger partial charge in [-0.1, -0.05) is 29.8 Å². The van der Waals surface area contributed by atoms with Crippen molar-refractivity contribution in [2.24, 2.45) is 0 Å². The molecule has 1 N–H and O–H groups in total. The molecule has 0 bridgehead atoms. The number of benzene rings is 2. The lowest BCUT2D eigenvalue weighted by atomic mass is 9.90. The number of nitrogens with zero attached hydrogens (tertiary/aromatic N) is 1. The van der Waals surface area contributed by atoms with Gasteiger partial charge in [-0.2, -0.15) is 0 Å². The second-order valence-corrected chi connectivity index (χ2v) is 8.61. The predicted octanol–water partition coefficient (Wildman–Crippen LogP) is 6.34. The van der Waals surface area contributed by atoms with Crippen molar-refractivity contribution >= 4 is 17.7 Å². The van der Waals surface area contributed by atoms with Gasteiger partial charge < -0.3 is 10.1 Å². The van der Waals surface area contributed by atoms with Crippen LogP contribution in [0.15, 0.2) is 60.8 Å². The van der Waals surface area contributed by atoms with E-state index in [9.17, 15) is 13.6 Å². The summed E-state index contributed by atoms with van der Waals surface area (Å²) < 4.78 is 33.4. The van der Waals surface area contributed by atoms with Crippen molar-refractivity contribution in [3.05, 3.63) is 88.7 Å². The maximum absolute atomic E-state index is 14.0. The normalized spacial score (nSPS) is 12.3. The van der Waals surface area contributed by atoms with E-state index in [1.165, 1.54) is 12.1 Å². The first-order chi connectivity index (χ1) is 14.6. The SMILES string of the molecule is CC(C)(C)NC(=O)OCC(c1cc(F)cc(F)c1)c1ncccc1-c1ccc(Cl)cc1. The van der Waals surface area contributed by atoms with Crippen LogP contribution in [0.25, 0.3) is 11.1 Å². The molecule has 162 valence electrons. The second kappa shape index (κ2) is 9.43. The zero-order valence-electron chi connectivity index (χ0n) is 17.5. The summed E-state index contributed by atoms with van der Waals surface area (Å²) in [7, 11) is 0. The molecule has 31 heavy (non-hydrogen) atoms. The van der Waals surface area contributed by atoms with Crippen molar-refractivity contribution in [1.82, 2.24) is 10.3 Å². The Morgan fingerprint density at radius 3 is 2.35 bits per heavy atom. The van der Waals surface area contributed by atoms with E-state index in [0.717, 1.165) is 17.2 Å². The number of pyridine rings is 1. The van der Waals surface area contributed by atoms with Gasteiger partial charge in [-0.05, 0) is 62.2 Å². The lowest BCUT2D eigenvalue weighted by Gasteiger charge is -2.23. The Labute approximate surface area is 185 Å². The summed E-state index contributed by atoms with van der Waals surface area (Å²) in [4.78, 5) is 16.7. The zero-order valence-corrected chi connectivity index (χ0v) is 18.2. The van der Waals surface area contributed by atoms with Crippen LogP contribution in [0, 0.1) is 11.6 Å². The monoisotopic (exact) mass is 444 g/mol. The number of carbonyl (C=O) groups is 1. The largest absolute Gasteiger partial charge is 0.448 e. The fraction of sp³-hybridized carbons (Fsp3) is 0.250. The Morgan fingerprint density at radius 1 is 1.10 bits per heavy atom. The number of aromatic nitrogens is 1. The summed E-state index contributed by atoms with van der Waals surface area (Å²) in [5.41, 5.74) is 1.92. The highest BCUT2D eigenvalue weighted by molar-refractivity contribution is 6.30. The predicted molar refractivity (Wildman–Crippen MR) is 117 cm³/mol. The summed E-state index contributed by atoms with van der Waals surface area (Å²) >= 11 is 6.01. The molecule has 0 aliphatic rings. The Hall–Kier alpha value is -2.99. The summed E-state index contributed by atoms with van der Waals surface area (Å²) in [6, 6.07) is 14.0. The number of alkyl carbamates (subject to hydrolysis) is 1. The minimum Gasteiger partial charge on any atom is -0.448 e. The maximum atomic E-state index is 14.0. The molecule has 4 nitrogen and oxygen atoms in total. The summed E-state index contributed by atoms with van der Waals surface area (Å²) in [5.74, 6) is -2.13. The molecule has 2 aromatic carbocycles. The van der Waals surface area contributed by atoms with Crippen molar-refractivity contribution in [2.45, 2.75) is 32.2 Å². The second-order valence-electron chi connectivity index (χ2n) is 8.17. The number of nitrogens with one attached hydrogen (secondary N) is 1. The fourth-order valence-electron chi connectivity index (χ4n) is 3.18. The molecule has 3 aromatic rings. The van der Waals surface area contributed by atoms with Crippen LogP contribution in [0.1, 0.15) is 37.9 Å². The first-order valence-corrected chi connectivity index (χ1v) is 10.1. The van der Waals surface area contributed by atoms with Gasteiger partial charge in [0.1, 0.15) is 18.2 Å². The molecule has 0 aliphatic carbocycles. The third kappa shape index (κ3) is 6.25. The quantitative estimate of drug-likeness (QED) is 0.499. The van der Waals surface area contributed by atoms with Crippen LogP contribution < -0.4 is 5.32 Å². The van der Waals surface area contributed by atoms with Gasteiger partial charge in [0, 0.05) is 28.4 Å². The fourth-order valence-corrected chi connectivity index (χ4v) is 3.31. The van der Waals surface area contributed by atoms with Gasteiger partial charge in [0.15, 0.2) is 0 Å². The van der Waals surface area contributed by atoms with Crippen molar-refractivity contribution in [3.63, 3.8) is 0 Å². The van der Waals surface area contributed by atoms with Gasteiger partial charge >= 0.3 is 6.09 Å². The lowest BCUT2D eigenvalue weighted by Crippen LogP contribution is -2.41. The molecule has 0 fully saturated rings. The molecular weight excluding hydrogens is 422 g/mol. The van der Waals surface area contributed by atoms with Gasteiger partial charge in [0.05, 0.1) is 11.6 Å². The topological polar surface area (TPSA) is 51.2 Å². The van der Waals surface area contributed by atoms with E-state index in [1.54, 1.807) is 24.4 Å². The Kier molecular flexibility index (Phi) is 6.91. The molecule has 7 heteroatoms. The van der Waals surface area contributed by atoms with Crippen LogP contribution >= 0.6 is 11.6 Å². The van der Waals surface area contributed by atoms with Gasteiger partial charge in [-0.3, -0.25) is 4.98 Å². The summed E-state index contributed by atoms with van der Waals surface area (Å²) in [6.45, 7) is 5.32. The van der Waals surface area contributed by atoms with E-state index in [1.807, 2.05) is 39.0 Å². The summed E-state index contributed by atoms with van der Waals surface area (Å²) in [6.07, 6.45) is 0.963. The molecule has 0 spiro atoms. The van der Waals surface area contributed by atoms with Gasteiger partial charge in [0.25, 0.3) is 0 Å². The van der Waals surface area contributed by atoms with E-state index < -0.39 is 29.2 Å². The molecule has 1 aromatic heterocycles. The first-order valence-electron chi connectivity index (χ1n) is 9.74. The highest BCUT2D eigenvalue weighted by Crippen LogP contribution is 2.33. The van der Waals surface area contributed by atoms with Crippen molar-refractivity contribution in [2.75, 3.05) is 6.61 Å². The number of amides is 1. The number of ether oxygens (including phenoxy) is 1. The van der Waals surface area contributed by atoms with E-state index in [4.69, 9.17) is 16.3 Å². The van der Waals surface area contributed by atoms with Crippen LogP contribution in [0.5, 0.6) is 0 Å². The van der Waals surface area contributed by atoms with Crippen LogP contribution in [-0.4, -0.2) is 23.2 Å². The van der Waals surface area contributed by atoms with Gasteiger partial charge in [-0.15, -0.1) is 0 Å². The van der Waals surface area contributed by atoms with Crippen LogP contribution in [-0.2, 0) is 4.74 Å². The number of halogens is 3. The van der Waals surface area contributed by atoms with Gasteiger partial charge in [-0.25, -0.2) is 13.6 Å². The summed E-state index contributed by atoms with van der Waals surface area (Å²) in [5, 5.41) is 3.29. The van der Waals surface area contributed by atoms with Crippen LogP contribution in [0.4, 0.5) is 13.6 Å². The van der Waals surface area contributed by atoms with Crippen LogP contribution in [0.2, 0.25) is 5.02 Å². The molecule has 0 saturated carbocycles. The Morgan fingerprint density at radius 2 is 1.74 bits per heavy atom. The third-order valence-electron chi connectivity index (χ3n) is 4.47. The minimum absolute atomic E-state index is 0.150. The van der Waals surface area contributed by atoms with E-state index in [0.29, 0.717) is 16.3 Å². The molecule has 0 aliphatic heterocycles.